The van der Waals surface area contributed by atoms with Crippen molar-refractivity contribution >= 4 is 45.1 Å². The van der Waals surface area contributed by atoms with Crippen molar-refractivity contribution in [2.24, 2.45) is 4.99 Å². The smallest absolute Gasteiger partial charge is 0.223 e. The molecule has 3 aromatic rings. The number of carbonyl (C=O) groups excluding carboxylic acids is 1. The van der Waals surface area contributed by atoms with Crippen molar-refractivity contribution in [2.75, 3.05) is 5.75 Å². The lowest BCUT2D eigenvalue weighted by atomic mass is 10.1. The Labute approximate surface area is 144 Å². The Bertz CT molecular complexity index is 937. The van der Waals surface area contributed by atoms with Gasteiger partial charge in [0.15, 0.2) is 0 Å². The first-order valence-corrected chi connectivity index (χ1v) is 9.07. The summed E-state index contributed by atoms with van der Waals surface area (Å²) in [6.45, 7) is 0. The van der Waals surface area contributed by atoms with E-state index >= 15 is 0 Å². The first kappa shape index (κ1) is 15.4. The summed E-state index contributed by atoms with van der Waals surface area (Å²) in [5.41, 5.74) is 2.97. The third-order valence-electron chi connectivity index (χ3n) is 3.57. The summed E-state index contributed by atoms with van der Waals surface area (Å²) in [4.78, 5) is 19.2. The normalized spacial score (nSPS) is 17.0. The van der Waals surface area contributed by atoms with Gasteiger partial charge in [0, 0.05) is 11.3 Å². The van der Waals surface area contributed by atoms with Crippen LogP contribution >= 0.6 is 23.1 Å². The molecule has 122 valence electrons. The lowest BCUT2D eigenvalue weighted by Gasteiger charge is -2.07. The molecule has 1 atom stereocenters. The molecule has 0 aliphatic carbocycles. The Balaban J connectivity index is 1.63. The van der Waals surface area contributed by atoms with E-state index in [2.05, 4.69) is 20.2 Å². The largest absolute Gasteiger partial charge is 0.424 e. The molecule has 1 aromatic carbocycles. The molecule has 1 aliphatic rings. The van der Waals surface area contributed by atoms with Crippen LogP contribution in [0, 0.1) is 5.82 Å². The van der Waals surface area contributed by atoms with Crippen LogP contribution in [0.4, 0.5) is 4.39 Å². The van der Waals surface area contributed by atoms with Crippen molar-refractivity contribution in [2.45, 2.75) is 18.9 Å². The average Bonchev–Trinajstić information content (AvgIpc) is 3.29. The van der Waals surface area contributed by atoms with Gasteiger partial charge in [-0.1, -0.05) is 6.07 Å². The van der Waals surface area contributed by atoms with Crippen molar-refractivity contribution in [3.05, 3.63) is 40.3 Å². The minimum absolute atomic E-state index is 0.0880. The number of hydrogen-bond donors (Lipinski definition) is 0. The predicted molar refractivity (Wildman–Crippen MR) is 90.1 cm³/mol. The molecule has 0 radical (unpaired) electrons. The first-order valence-electron chi connectivity index (χ1n) is 7.20. The van der Waals surface area contributed by atoms with Gasteiger partial charge < -0.3 is 9.21 Å². The molecule has 0 saturated heterocycles. The molecule has 2 aromatic heterocycles. The van der Waals surface area contributed by atoms with Gasteiger partial charge in [0.05, 0.1) is 34.6 Å². The molecule has 0 spiro atoms. The number of fused-ring (bicyclic) bond motifs is 1. The molecule has 0 N–H and O–H groups in total. The SMILES string of the molecule is O=CCc1nnc(Cc2nc3ccc(C4CSC=N4)c(F)c3s2)o1. The second-order valence-electron chi connectivity index (χ2n) is 5.17. The van der Waals surface area contributed by atoms with Gasteiger partial charge in [-0.2, -0.15) is 0 Å². The first-order chi connectivity index (χ1) is 11.7. The molecule has 24 heavy (non-hydrogen) atoms. The zero-order valence-electron chi connectivity index (χ0n) is 12.3. The highest BCUT2D eigenvalue weighted by Crippen LogP contribution is 2.34. The molecule has 0 amide bonds. The number of halogens is 1. The van der Waals surface area contributed by atoms with Crippen LogP contribution in [-0.2, 0) is 17.6 Å². The summed E-state index contributed by atoms with van der Waals surface area (Å²) in [5, 5.41) is 8.34. The van der Waals surface area contributed by atoms with Gasteiger partial charge in [0.2, 0.25) is 11.8 Å². The van der Waals surface area contributed by atoms with Gasteiger partial charge in [-0.05, 0) is 6.07 Å². The number of thioether (sulfide) groups is 1. The highest BCUT2D eigenvalue weighted by atomic mass is 32.2. The number of thiazole rings is 1. The van der Waals surface area contributed by atoms with E-state index in [1.807, 2.05) is 6.07 Å². The third kappa shape index (κ3) is 2.84. The van der Waals surface area contributed by atoms with Crippen molar-refractivity contribution in [1.82, 2.24) is 15.2 Å². The van der Waals surface area contributed by atoms with Crippen molar-refractivity contribution in [3.8, 4) is 0 Å². The molecule has 1 unspecified atom stereocenters. The van der Waals surface area contributed by atoms with Gasteiger partial charge in [0.1, 0.15) is 17.1 Å². The second-order valence-corrected chi connectivity index (χ2v) is 7.13. The Hall–Kier alpha value is -2.13. The van der Waals surface area contributed by atoms with Crippen LogP contribution in [0.3, 0.4) is 0 Å². The van der Waals surface area contributed by atoms with Crippen LogP contribution in [-0.4, -0.2) is 32.8 Å². The molecule has 0 saturated carbocycles. The van der Waals surface area contributed by atoms with Crippen LogP contribution in [0.1, 0.15) is 28.4 Å². The summed E-state index contributed by atoms with van der Waals surface area (Å²) < 4.78 is 20.6. The second kappa shape index (κ2) is 6.40. The highest BCUT2D eigenvalue weighted by molar-refractivity contribution is 8.12. The van der Waals surface area contributed by atoms with Gasteiger partial charge in [0.25, 0.3) is 0 Å². The maximum atomic E-state index is 14.8. The molecule has 6 nitrogen and oxygen atoms in total. The van der Waals surface area contributed by atoms with E-state index < -0.39 is 0 Å². The predicted octanol–water partition coefficient (Wildman–Crippen LogP) is 2.97. The number of nitrogens with zero attached hydrogens (tertiary/aromatic N) is 4. The maximum absolute atomic E-state index is 14.8. The zero-order valence-corrected chi connectivity index (χ0v) is 13.9. The van der Waals surface area contributed by atoms with Crippen molar-refractivity contribution in [3.63, 3.8) is 0 Å². The van der Waals surface area contributed by atoms with E-state index in [1.165, 1.54) is 11.3 Å². The summed E-state index contributed by atoms with van der Waals surface area (Å²) in [6, 6.07) is 3.44. The number of aromatic nitrogens is 3. The topological polar surface area (TPSA) is 81.2 Å². The minimum Gasteiger partial charge on any atom is -0.424 e. The van der Waals surface area contributed by atoms with Crippen LogP contribution in [0.5, 0.6) is 0 Å². The molecule has 0 bridgehead atoms. The molecular formula is C15H11FN4O2S2. The lowest BCUT2D eigenvalue weighted by molar-refractivity contribution is -0.107. The van der Waals surface area contributed by atoms with E-state index in [0.29, 0.717) is 39.4 Å². The van der Waals surface area contributed by atoms with Gasteiger partial charge >= 0.3 is 0 Å². The Morgan fingerprint density at radius 3 is 3.00 bits per heavy atom. The summed E-state index contributed by atoms with van der Waals surface area (Å²) in [5.74, 6) is 1.14. The number of aliphatic imine (C=N–C) groups is 1. The third-order valence-corrected chi connectivity index (χ3v) is 5.41. The fourth-order valence-corrected chi connectivity index (χ4v) is 4.23. The van der Waals surface area contributed by atoms with E-state index in [4.69, 9.17) is 4.42 Å². The summed E-state index contributed by atoms with van der Waals surface area (Å²) in [7, 11) is 0. The fourth-order valence-electron chi connectivity index (χ4n) is 2.46. The fraction of sp³-hybridized carbons (Fsp3) is 0.267. The quantitative estimate of drug-likeness (QED) is 0.649. The molecule has 0 fully saturated rings. The average molecular weight is 362 g/mol. The van der Waals surface area contributed by atoms with E-state index in [0.717, 1.165) is 5.75 Å². The van der Waals surface area contributed by atoms with E-state index in [1.54, 1.807) is 23.4 Å². The van der Waals surface area contributed by atoms with Gasteiger partial charge in [-0.15, -0.1) is 33.3 Å². The molecule has 3 heterocycles. The van der Waals surface area contributed by atoms with Crippen LogP contribution in [0.15, 0.2) is 21.5 Å². The standard InChI is InChI=1S/C15H11FN4O2S2/c16-14-8(10-6-23-7-17-10)1-2-9-15(14)24-13(18-9)5-12-20-19-11(22-12)3-4-21/h1-2,4,7,10H,3,5-6H2. The maximum Gasteiger partial charge on any atom is 0.223 e. The van der Waals surface area contributed by atoms with E-state index in [9.17, 15) is 9.18 Å². The van der Waals surface area contributed by atoms with Crippen molar-refractivity contribution < 1.29 is 13.6 Å². The Morgan fingerprint density at radius 1 is 1.33 bits per heavy atom. The van der Waals surface area contributed by atoms with E-state index in [-0.39, 0.29) is 24.2 Å². The zero-order chi connectivity index (χ0) is 16.5. The lowest BCUT2D eigenvalue weighted by Crippen LogP contribution is -1.98. The highest BCUT2D eigenvalue weighted by Gasteiger charge is 2.21. The Morgan fingerprint density at radius 2 is 2.21 bits per heavy atom. The molecule has 1 aliphatic heterocycles. The number of rotatable bonds is 5. The number of benzene rings is 1. The van der Waals surface area contributed by atoms with Crippen LogP contribution in [0.2, 0.25) is 0 Å². The summed E-state index contributed by atoms with van der Waals surface area (Å²) in [6.07, 6.45) is 1.11. The van der Waals surface area contributed by atoms with Gasteiger partial charge in [-0.3, -0.25) is 4.99 Å². The molecule has 4 rings (SSSR count). The van der Waals surface area contributed by atoms with Crippen LogP contribution in [0.25, 0.3) is 10.2 Å². The monoisotopic (exact) mass is 362 g/mol. The van der Waals surface area contributed by atoms with Crippen LogP contribution < -0.4 is 0 Å². The molecular weight excluding hydrogens is 351 g/mol. The number of hydrogen-bond acceptors (Lipinski definition) is 8. The molecule has 9 heteroatoms. The Kier molecular flexibility index (Phi) is 4.11. The minimum atomic E-state index is -0.256. The van der Waals surface area contributed by atoms with Gasteiger partial charge in [-0.25, -0.2) is 9.37 Å². The number of aldehydes is 1. The van der Waals surface area contributed by atoms with Crippen molar-refractivity contribution in [1.29, 1.82) is 0 Å². The summed E-state index contributed by atoms with van der Waals surface area (Å²) >= 11 is 2.85. The number of carbonyl (C=O) groups is 1.